The van der Waals surface area contributed by atoms with Crippen LogP contribution in [0.3, 0.4) is 0 Å². The molecule has 0 aromatic carbocycles. The highest BCUT2D eigenvalue weighted by molar-refractivity contribution is 5.27. The van der Waals surface area contributed by atoms with E-state index in [9.17, 15) is 5.11 Å². The van der Waals surface area contributed by atoms with Crippen LogP contribution in [0.2, 0.25) is 0 Å². The number of hydrogen-bond acceptors (Lipinski definition) is 7. The van der Waals surface area contributed by atoms with Crippen LogP contribution in [-0.4, -0.2) is 44.9 Å². The van der Waals surface area contributed by atoms with Gasteiger partial charge in [0.15, 0.2) is 0 Å². The summed E-state index contributed by atoms with van der Waals surface area (Å²) in [7, 11) is 1.70. The average Bonchev–Trinajstić information content (AvgIpc) is 3.09. The summed E-state index contributed by atoms with van der Waals surface area (Å²) in [4.78, 5) is 6.58. The highest BCUT2D eigenvalue weighted by atomic mass is 16.5. The lowest BCUT2D eigenvalue weighted by Gasteiger charge is -2.21. The SMILES string of the molecule is CO[C@H]1C[C@H](c2nnc(C)o2)N(Cc2nc(C)ccc2O)C1. The molecule has 1 aliphatic rings. The second-order valence-electron chi connectivity index (χ2n) is 5.62. The van der Waals surface area contributed by atoms with E-state index in [2.05, 4.69) is 20.1 Å². The Morgan fingerprint density at radius 2 is 2.18 bits per heavy atom. The van der Waals surface area contributed by atoms with Crippen molar-refractivity contribution in [2.75, 3.05) is 13.7 Å². The summed E-state index contributed by atoms with van der Waals surface area (Å²) >= 11 is 0. The average molecular weight is 304 g/mol. The van der Waals surface area contributed by atoms with Gasteiger partial charge in [-0.1, -0.05) is 0 Å². The molecule has 0 radical (unpaired) electrons. The Hall–Kier alpha value is -1.99. The van der Waals surface area contributed by atoms with Gasteiger partial charge in [0.05, 0.1) is 17.8 Å². The molecule has 7 nitrogen and oxygen atoms in total. The maximum atomic E-state index is 10.0. The van der Waals surface area contributed by atoms with Crippen molar-refractivity contribution in [3.8, 4) is 5.75 Å². The predicted octanol–water partition coefficient (Wildman–Crippen LogP) is 1.75. The fourth-order valence-corrected chi connectivity index (χ4v) is 2.82. The Morgan fingerprint density at radius 3 is 2.86 bits per heavy atom. The van der Waals surface area contributed by atoms with E-state index >= 15 is 0 Å². The maximum absolute atomic E-state index is 10.0. The van der Waals surface area contributed by atoms with Crippen molar-refractivity contribution in [2.45, 2.75) is 39.0 Å². The normalized spacial score (nSPS) is 22.3. The topological polar surface area (TPSA) is 84.5 Å². The van der Waals surface area contributed by atoms with E-state index in [4.69, 9.17) is 9.15 Å². The maximum Gasteiger partial charge on any atom is 0.233 e. The number of aryl methyl sites for hydroxylation is 2. The summed E-state index contributed by atoms with van der Waals surface area (Å²) < 4.78 is 11.1. The third kappa shape index (κ3) is 2.95. The number of likely N-dealkylation sites (tertiary alicyclic amines) is 1. The Balaban J connectivity index is 1.84. The molecule has 1 fully saturated rings. The molecule has 0 spiro atoms. The zero-order valence-corrected chi connectivity index (χ0v) is 13.0. The van der Waals surface area contributed by atoms with Gasteiger partial charge in [0.2, 0.25) is 11.8 Å². The highest BCUT2D eigenvalue weighted by Gasteiger charge is 2.37. The molecule has 0 bridgehead atoms. The van der Waals surface area contributed by atoms with E-state index < -0.39 is 0 Å². The van der Waals surface area contributed by atoms with E-state index in [1.807, 2.05) is 6.92 Å². The first-order chi connectivity index (χ1) is 10.6. The van der Waals surface area contributed by atoms with Crippen LogP contribution in [0.1, 0.15) is 35.6 Å². The van der Waals surface area contributed by atoms with E-state index in [-0.39, 0.29) is 17.9 Å². The van der Waals surface area contributed by atoms with Crippen LogP contribution in [0.4, 0.5) is 0 Å². The summed E-state index contributed by atoms with van der Waals surface area (Å²) in [5.41, 5.74) is 1.53. The van der Waals surface area contributed by atoms with Gasteiger partial charge >= 0.3 is 0 Å². The molecule has 22 heavy (non-hydrogen) atoms. The molecule has 0 saturated carbocycles. The molecular formula is C15H20N4O3. The smallest absolute Gasteiger partial charge is 0.233 e. The lowest BCUT2D eigenvalue weighted by Crippen LogP contribution is -2.25. The van der Waals surface area contributed by atoms with Crippen LogP contribution in [0.15, 0.2) is 16.5 Å². The lowest BCUT2D eigenvalue weighted by atomic mass is 10.2. The van der Waals surface area contributed by atoms with E-state index in [1.165, 1.54) is 0 Å². The Morgan fingerprint density at radius 1 is 1.36 bits per heavy atom. The number of aromatic hydroxyl groups is 1. The minimum atomic E-state index is -0.0205. The predicted molar refractivity (Wildman–Crippen MR) is 78.2 cm³/mol. The molecule has 2 aromatic rings. The van der Waals surface area contributed by atoms with Crippen molar-refractivity contribution in [1.29, 1.82) is 0 Å². The zero-order valence-electron chi connectivity index (χ0n) is 13.0. The van der Waals surface area contributed by atoms with Gasteiger partial charge in [-0.3, -0.25) is 9.88 Å². The van der Waals surface area contributed by atoms with Crippen molar-refractivity contribution >= 4 is 0 Å². The standard InChI is InChI=1S/C15H20N4O3/c1-9-4-5-14(20)12(16-9)8-19-7-11(21-3)6-13(19)15-18-17-10(2)22-15/h4-5,11,13,20H,6-8H2,1-3H3/t11-,13+/m0/s1. The third-order valence-corrected chi connectivity index (χ3v) is 3.97. The molecule has 7 heteroatoms. The first-order valence-corrected chi connectivity index (χ1v) is 7.29. The largest absolute Gasteiger partial charge is 0.506 e. The number of methoxy groups -OCH3 is 1. The molecule has 0 unspecified atom stereocenters. The van der Waals surface area contributed by atoms with Crippen molar-refractivity contribution < 1.29 is 14.3 Å². The molecule has 2 atom stereocenters. The van der Waals surface area contributed by atoms with E-state index in [1.54, 1.807) is 26.2 Å². The molecule has 0 amide bonds. The Labute approximate surface area is 128 Å². The summed E-state index contributed by atoms with van der Waals surface area (Å²) in [5, 5.41) is 18.0. The molecule has 2 aromatic heterocycles. The third-order valence-electron chi connectivity index (χ3n) is 3.97. The fourth-order valence-electron chi connectivity index (χ4n) is 2.82. The molecular weight excluding hydrogens is 284 g/mol. The lowest BCUT2D eigenvalue weighted by molar-refractivity contribution is 0.107. The number of ether oxygens (including phenoxy) is 1. The molecule has 1 aliphatic heterocycles. The quantitative estimate of drug-likeness (QED) is 0.921. The van der Waals surface area contributed by atoms with Crippen molar-refractivity contribution in [1.82, 2.24) is 20.1 Å². The summed E-state index contributed by atoms with van der Waals surface area (Å²) in [6.45, 7) is 4.93. The van der Waals surface area contributed by atoms with E-state index in [0.717, 1.165) is 18.7 Å². The van der Waals surface area contributed by atoms with Crippen molar-refractivity contribution in [3.63, 3.8) is 0 Å². The first kappa shape index (κ1) is 14.9. The summed E-state index contributed by atoms with van der Waals surface area (Å²) in [5.74, 6) is 1.34. The first-order valence-electron chi connectivity index (χ1n) is 7.29. The Bertz CT molecular complexity index is 658. The van der Waals surface area contributed by atoms with Gasteiger partial charge < -0.3 is 14.3 Å². The molecule has 1 N–H and O–H groups in total. The number of hydrogen-bond donors (Lipinski definition) is 1. The number of rotatable bonds is 4. The molecule has 3 rings (SSSR count). The molecule has 3 heterocycles. The van der Waals surface area contributed by atoms with Crippen molar-refractivity contribution in [3.05, 3.63) is 35.3 Å². The fraction of sp³-hybridized carbons (Fsp3) is 0.533. The van der Waals surface area contributed by atoms with Crippen molar-refractivity contribution in [2.24, 2.45) is 0 Å². The second kappa shape index (κ2) is 6.02. The number of aromatic nitrogens is 3. The summed E-state index contributed by atoms with van der Waals surface area (Å²) in [6, 6.07) is 3.44. The van der Waals surface area contributed by atoms with E-state index in [0.29, 0.717) is 24.0 Å². The monoisotopic (exact) mass is 304 g/mol. The molecule has 0 aliphatic carbocycles. The van der Waals surface area contributed by atoms with Gasteiger partial charge in [0.25, 0.3) is 0 Å². The van der Waals surface area contributed by atoms with Gasteiger partial charge in [-0.05, 0) is 25.5 Å². The van der Waals surface area contributed by atoms with Gasteiger partial charge in [0.1, 0.15) is 5.75 Å². The minimum absolute atomic E-state index is 0.0205. The highest BCUT2D eigenvalue weighted by Crippen LogP contribution is 2.34. The van der Waals surface area contributed by atoms with Crippen LogP contribution in [0.5, 0.6) is 5.75 Å². The Kier molecular flexibility index (Phi) is 4.08. The van der Waals surface area contributed by atoms with Gasteiger partial charge in [-0.15, -0.1) is 10.2 Å². The zero-order chi connectivity index (χ0) is 15.7. The summed E-state index contributed by atoms with van der Waals surface area (Å²) in [6.07, 6.45) is 0.884. The van der Waals surface area contributed by atoms with Crippen LogP contribution < -0.4 is 0 Å². The van der Waals surface area contributed by atoms with Gasteiger partial charge in [-0.2, -0.15) is 0 Å². The number of nitrogens with zero attached hydrogens (tertiary/aromatic N) is 4. The van der Waals surface area contributed by atoms with Gasteiger partial charge in [-0.25, -0.2) is 0 Å². The molecule has 118 valence electrons. The van der Waals surface area contributed by atoms with Gasteiger partial charge in [0, 0.05) is 32.8 Å². The second-order valence-corrected chi connectivity index (χ2v) is 5.62. The number of pyridine rings is 1. The molecule has 1 saturated heterocycles. The van der Waals surface area contributed by atoms with Crippen LogP contribution in [0.25, 0.3) is 0 Å². The van der Waals surface area contributed by atoms with Crippen LogP contribution in [0, 0.1) is 13.8 Å². The van der Waals surface area contributed by atoms with Crippen LogP contribution in [-0.2, 0) is 11.3 Å². The minimum Gasteiger partial charge on any atom is -0.506 e. The van der Waals surface area contributed by atoms with Crippen LogP contribution >= 0.6 is 0 Å².